The number of rotatable bonds is 8. The summed E-state index contributed by atoms with van der Waals surface area (Å²) in [6, 6.07) is 27.0. The molecule has 4 N–H and O–H groups in total. The van der Waals surface area contributed by atoms with Gasteiger partial charge in [0.1, 0.15) is 17.7 Å². The van der Waals surface area contributed by atoms with Crippen molar-refractivity contribution in [2.24, 2.45) is 5.73 Å². The third-order valence-corrected chi connectivity index (χ3v) is 5.90. The number of hydrogen-bond donors (Lipinski definition) is 3. The fraction of sp³-hybridized carbons (Fsp3) is 0.103. The van der Waals surface area contributed by atoms with Gasteiger partial charge < -0.3 is 26.0 Å². The van der Waals surface area contributed by atoms with Crippen molar-refractivity contribution in [3.8, 4) is 11.5 Å². The van der Waals surface area contributed by atoms with Crippen LogP contribution in [0.25, 0.3) is 0 Å². The Bertz CT molecular complexity index is 1380. The van der Waals surface area contributed by atoms with E-state index < -0.39 is 0 Å². The van der Waals surface area contributed by atoms with Crippen molar-refractivity contribution < 1.29 is 9.53 Å². The molecule has 36 heavy (non-hydrogen) atoms. The van der Waals surface area contributed by atoms with E-state index in [1.54, 1.807) is 12.4 Å². The molecule has 0 saturated carbocycles. The zero-order chi connectivity index (χ0) is 24.9. The Hall–Kier alpha value is -4.78. The first-order valence-electron chi connectivity index (χ1n) is 11.7. The molecular weight excluding hydrogens is 450 g/mol. The van der Waals surface area contributed by atoms with Crippen LogP contribution >= 0.6 is 0 Å². The monoisotopic (exact) mass is 477 g/mol. The van der Waals surface area contributed by atoms with Gasteiger partial charge in [0, 0.05) is 30.2 Å². The van der Waals surface area contributed by atoms with Gasteiger partial charge in [-0.05, 0) is 65.7 Å². The zero-order valence-corrected chi connectivity index (χ0v) is 19.7. The Balaban J connectivity index is 1.37. The van der Waals surface area contributed by atoms with Crippen molar-refractivity contribution >= 4 is 17.3 Å². The van der Waals surface area contributed by atoms with Gasteiger partial charge in [-0.1, -0.05) is 36.9 Å². The van der Waals surface area contributed by atoms with E-state index in [1.807, 2.05) is 84.9 Å². The van der Waals surface area contributed by atoms with Crippen molar-refractivity contribution in [1.82, 2.24) is 10.3 Å². The standard InChI is InChI=1S/C29H27N5O2/c1-20(30)19-34-27-11-10-23(29(35)32-18-21-12-14-31-15-13-21)17-26(27)33-28(34)22-6-5-9-25(16-22)36-24-7-3-2-4-8-24/h2-17,28,33H,1,18-19,30H2,(H,32,35). The van der Waals surface area contributed by atoms with E-state index in [2.05, 4.69) is 27.1 Å². The highest BCUT2D eigenvalue weighted by atomic mass is 16.5. The number of hydrogen-bond acceptors (Lipinski definition) is 6. The number of nitrogens with two attached hydrogens (primary N) is 1. The quantitative estimate of drug-likeness (QED) is 0.323. The van der Waals surface area contributed by atoms with Crippen LogP contribution in [0.3, 0.4) is 0 Å². The average Bonchev–Trinajstić information content (AvgIpc) is 3.25. The lowest BCUT2D eigenvalue weighted by molar-refractivity contribution is 0.0951. The van der Waals surface area contributed by atoms with Gasteiger partial charge in [0.2, 0.25) is 0 Å². The normalized spacial score (nSPS) is 14.0. The summed E-state index contributed by atoms with van der Waals surface area (Å²) < 4.78 is 6.04. The summed E-state index contributed by atoms with van der Waals surface area (Å²) in [6.07, 6.45) is 3.22. The number of anilines is 2. The van der Waals surface area contributed by atoms with Gasteiger partial charge in [-0.25, -0.2) is 0 Å². The van der Waals surface area contributed by atoms with Crippen LogP contribution in [-0.2, 0) is 6.54 Å². The maximum atomic E-state index is 12.8. The minimum absolute atomic E-state index is 0.145. The number of aromatic nitrogens is 1. The SMILES string of the molecule is C=C(N)CN1c2ccc(C(=O)NCc3ccncc3)cc2NC1c1cccc(Oc2ccccc2)c1. The smallest absolute Gasteiger partial charge is 0.251 e. The Morgan fingerprint density at radius 1 is 1.00 bits per heavy atom. The summed E-state index contributed by atoms with van der Waals surface area (Å²) in [5.74, 6) is 1.36. The first kappa shape index (κ1) is 23.0. The maximum Gasteiger partial charge on any atom is 0.251 e. The molecular formula is C29H27N5O2. The van der Waals surface area contributed by atoms with E-state index in [-0.39, 0.29) is 12.1 Å². The van der Waals surface area contributed by atoms with Gasteiger partial charge >= 0.3 is 0 Å². The molecule has 4 aromatic rings. The molecule has 2 heterocycles. The molecule has 0 saturated heterocycles. The van der Waals surface area contributed by atoms with Gasteiger partial charge in [0.25, 0.3) is 5.91 Å². The molecule has 7 nitrogen and oxygen atoms in total. The van der Waals surface area contributed by atoms with E-state index in [0.717, 1.165) is 34.0 Å². The molecule has 1 unspecified atom stereocenters. The lowest BCUT2D eigenvalue weighted by Gasteiger charge is -2.27. The van der Waals surface area contributed by atoms with Crippen molar-refractivity contribution in [3.63, 3.8) is 0 Å². The molecule has 0 bridgehead atoms. The Labute approximate surface area is 210 Å². The lowest BCUT2D eigenvalue weighted by Crippen LogP contribution is -2.31. The molecule has 7 heteroatoms. The van der Waals surface area contributed by atoms with Crippen LogP contribution < -0.4 is 26.0 Å². The third-order valence-electron chi connectivity index (χ3n) is 5.90. The second-order valence-electron chi connectivity index (χ2n) is 8.59. The summed E-state index contributed by atoms with van der Waals surface area (Å²) in [4.78, 5) is 19.0. The number of carbonyl (C=O) groups is 1. The van der Waals surface area contributed by atoms with Gasteiger partial charge in [-0.3, -0.25) is 9.78 Å². The van der Waals surface area contributed by atoms with Crippen molar-refractivity contribution in [2.75, 3.05) is 16.8 Å². The molecule has 3 aromatic carbocycles. The number of nitrogens with zero attached hydrogens (tertiary/aromatic N) is 2. The highest BCUT2D eigenvalue weighted by molar-refractivity contribution is 5.97. The van der Waals surface area contributed by atoms with Crippen LogP contribution in [0.5, 0.6) is 11.5 Å². The third kappa shape index (κ3) is 5.15. The molecule has 0 spiro atoms. The molecule has 1 aromatic heterocycles. The van der Waals surface area contributed by atoms with Crippen molar-refractivity contribution in [3.05, 3.63) is 126 Å². The second kappa shape index (κ2) is 10.2. The number of benzene rings is 3. The number of para-hydroxylation sites is 1. The number of amides is 1. The number of nitrogens with one attached hydrogen (secondary N) is 2. The summed E-state index contributed by atoms with van der Waals surface area (Å²) in [7, 11) is 0. The average molecular weight is 478 g/mol. The van der Waals surface area contributed by atoms with Gasteiger partial charge in [-0.2, -0.15) is 0 Å². The molecule has 0 aliphatic carbocycles. The molecule has 1 aliphatic rings. The zero-order valence-electron chi connectivity index (χ0n) is 19.7. The summed E-state index contributed by atoms with van der Waals surface area (Å²) in [5, 5.41) is 6.52. The largest absolute Gasteiger partial charge is 0.457 e. The Morgan fingerprint density at radius 3 is 2.56 bits per heavy atom. The minimum Gasteiger partial charge on any atom is -0.457 e. The highest BCUT2D eigenvalue weighted by Crippen LogP contribution is 2.42. The van der Waals surface area contributed by atoms with Crippen LogP contribution in [0.15, 0.2) is 110 Å². The van der Waals surface area contributed by atoms with Crippen LogP contribution in [0, 0.1) is 0 Å². The van der Waals surface area contributed by atoms with Crippen LogP contribution in [0.2, 0.25) is 0 Å². The number of carbonyl (C=O) groups excluding carboxylic acids is 1. The minimum atomic E-state index is -0.199. The summed E-state index contributed by atoms with van der Waals surface area (Å²) >= 11 is 0. The summed E-state index contributed by atoms with van der Waals surface area (Å²) in [5.41, 5.74) is 10.9. The molecule has 0 radical (unpaired) electrons. The number of fused-ring (bicyclic) bond motifs is 1. The van der Waals surface area contributed by atoms with Gasteiger partial charge in [0.05, 0.1) is 17.9 Å². The topological polar surface area (TPSA) is 92.5 Å². The predicted octanol–water partition coefficient (Wildman–Crippen LogP) is 5.21. The van der Waals surface area contributed by atoms with Crippen molar-refractivity contribution in [1.29, 1.82) is 0 Å². The van der Waals surface area contributed by atoms with Gasteiger partial charge in [0.15, 0.2) is 0 Å². The molecule has 1 aliphatic heterocycles. The van der Waals surface area contributed by atoms with E-state index in [9.17, 15) is 4.79 Å². The second-order valence-corrected chi connectivity index (χ2v) is 8.59. The summed E-state index contributed by atoms with van der Waals surface area (Å²) in [6.45, 7) is 4.80. The molecule has 1 atom stereocenters. The fourth-order valence-electron chi connectivity index (χ4n) is 4.22. The van der Waals surface area contributed by atoms with E-state index >= 15 is 0 Å². The Morgan fingerprint density at radius 2 is 1.78 bits per heavy atom. The maximum absolute atomic E-state index is 12.8. The van der Waals surface area contributed by atoms with Crippen molar-refractivity contribution in [2.45, 2.75) is 12.7 Å². The van der Waals surface area contributed by atoms with Crippen LogP contribution in [0.1, 0.15) is 27.7 Å². The lowest BCUT2D eigenvalue weighted by atomic mass is 10.1. The number of pyridine rings is 1. The van der Waals surface area contributed by atoms with E-state index in [0.29, 0.717) is 24.4 Å². The molecule has 180 valence electrons. The first-order valence-corrected chi connectivity index (χ1v) is 11.7. The first-order chi connectivity index (χ1) is 17.6. The van der Waals surface area contributed by atoms with E-state index in [4.69, 9.17) is 10.5 Å². The number of ether oxygens (including phenoxy) is 1. The molecule has 5 rings (SSSR count). The Kier molecular flexibility index (Phi) is 6.53. The van der Waals surface area contributed by atoms with Crippen LogP contribution in [-0.4, -0.2) is 17.4 Å². The predicted molar refractivity (Wildman–Crippen MR) is 142 cm³/mol. The highest BCUT2D eigenvalue weighted by Gasteiger charge is 2.31. The fourth-order valence-corrected chi connectivity index (χ4v) is 4.22. The molecule has 0 fully saturated rings. The van der Waals surface area contributed by atoms with Crippen LogP contribution in [0.4, 0.5) is 11.4 Å². The molecule has 1 amide bonds. The van der Waals surface area contributed by atoms with E-state index in [1.165, 1.54) is 0 Å². The van der Waals surface area contributed by atoms with Gasteiger partial charge in [-0.15, -0.1) is 0 Å².